The van der Waals surface area contributed by atoms with E-state index in [1.165, 1.54) is 0 Å². The van der Waals surface area contributed by atoms with Crippen molar-refractivity contribution < 1.29 is 22.7 Å². The Morgan fingerprint density at radius 3 is 2.43 bits per heavy atom. The Morgan fingerprint density at radius 2 is 1.83 bits per heavy atom. The van der Waals surface area contributed by atoms with Crippen LogP contribution in [0, 0.1) is 12.7 Å². The molecule has 0 aromatic heterocycles. The molecule has 5 nitrogen and oxygen atoms in total. The summed E-state index contributed by atoms with van der Waals surface area (Å²) in [7, 11) is -4.14. The second-order valence-corrected chi connectivity index (χ2v) is 6.80. The highest BCUT2D eigenvalue weighted by Crippen LogP contribution is 2.16. The molecule has 0 spiro atoms. The van der Waals surface area contributed by atoms with Crippen LogP contribution in [0.4, 0.5) is 4.39 Å². The predicted molar refractivity (Wildman–Crippen MR) is 80.8 cm³/mol. The third kappa shape index (κ3) is 4.37. The third-order valence-electron chi connectivity index (χ3n) is 3.28. The Bertz CT molecular complexity index is 816. The first-order valence-corrected chi connectivity index (χ1v) is 8.34. The van der Waals surface area contributed by atoms with Gasteiger partial charge in [0.15, 0.2) is 0 Å². The second kappa shape index (κ2) is 6.89. The monoisotopic (exact) mass is 336 g/mol. The molecule has 0 fully saturated rings. The summed E-state index contributed by atoms with van der Waals surface area (Å²) in [5.41, 5.74) is 1.63. The van der Waals surface area contributed by atoms with E-state index in [9.17, 15) is 22.7 Å². The number of sulfonamides is 1. The lowest BCUT2D eigenvalue weighted by atomic mass is 10.1. The Hall–Kier alpha value is -2.25. The van der Waals surface area contributed by atoms with Crippen molar-refractivity contribution in [3.05, 3.63) is 65.0 Å². The van der Waals surface area contributed by atoms with Crippen LogP contribution < -0.4 is 9.83 Å². The minimum absolute atomic E-state index is 0.0698. The molecule has 0 bridgehead atoms. The van der Waals surface area contributed by atoms with Crippen LogP contribution in [-0.2, 0) is 16.4 Å². The van der Waals surface area contributed by atoms with Gasteiger partial charge in [-0.05, 0) is 36.6 Å². The Kier molecular flexibility index (Phi) is 5.12. The van der Waals surface area contributed by atoms with Gasteiger partial charge in [-0.1, -0.05) is 35.9 Å². The highest BCUT2D eigenvalue weighted by molar-refractivity contribution is 7.89. The number of benzene rings is 2. The van der Waals surface area contributed by atoms with Crippen molar-refractivity contribution in [1.82, 2.24) is 4.72 Å². The molecule has 0 aliphatic carbocycles. The zero-order chi connectivity index (χ0) is 17.0. The zero-order valence-electron chi connectivity index (χ0n) is 12.4. The average Bonchev–Trinajstić information content (AvgIpc) is 2.49. The van der Waals surface area contributed by atoms with Gasteiger partial charge < -0.3 is 9.90 Å². The predicted octanol–water partition coefficient (Wildman–Crippen LogP) is 1.02. The molecule has 2 aromatic rings. The number of carbonyl (C=O) groups excluding carboxylic acids is 1. The van der Waals surface area contributed by atoms with Gasteiger partial charge in [0.05, 0.1) is 5.97 Å². The first-order valence-electron chi connectivity index (χ1n) is 6.86. The Morgan fingerprint density at radius 1 is 1.17 bits per heavy atom. The first kappa shape index (κ1) is 17.1. The van der Waals surface area contributed by atoms with E-state index < -0.39 is 32.3 Å². The van der Waals surface area contributed by atoms with E-state index in [0.717, 1.165) is 29.3 Å². The maximum Gasteiger partial charge on any atom is 0.243 e. The van der Waals surface area contributed by atoms with Crippen molar-refractivity contribution in [3.8, 4) is 0 Å². The molecule has 0 aliphatic rings. The molecule has 2 rings (SSSR count). The fourth-order valence-electron chi connectivity index (χ4n) is 2.00. The van der Waals surface area contributed by atoms with Crippen LogP contribution in [0.1, 0.15) is 21.5 Å². The number of aryl methyl sites for hydroxylation is 1. The standard InChI is InChI=1S/C16H16FNO4S/c1-11-2-4-12(5-3-11)8-9-18-23(21,22)15-10-13(16(19)20)6-7-14(15)17/h2-7,10,18H,8-9H2,1H3,(H,19,20)/p-1. The molecule has 23 heavy (non-hydrogen) atoms. The van der Waals surface area contributed by atoms with Crippen molar-refractivity contribution in [2.75, 3.05) is 6.54 Å². The van der Waals surface area contributed by atoms with Crippen LogP contribution in [0.3, 0.4) is 0 Å². The van der Waals surface area contributed by atoms with Crippen LogP contribution in [0.15, 0.2) is 47.4 Å². The summed E-state index contributed by atoms with van der Waals surface area (Å²) in [5, 5.41) is 10.8. The molecule has 0 atom stereocenters. The lowest BCUT2D eigenvalue weighted by molar-refractivity contribution is -0.255. The van der Waals surface area contributed by atoms with Gasteiger partial charge >= 0.3 is 0 Å². The molecule has 122 valence electrons. The molecule has 1 N–H and O–H groups in total. The van der Waals surface area contributed by atoms with Crippen molar-refractivity contribution in [3.63, 3.8) is 0 Å². The first-order chi connectivity index (χ1) is 10.8. The van der Waals surface area contributed by atoms with Crippen LogP contribution in [0.5, 0.6) is 0 Å². The van der Waals surface area contributed by atoms with Gasteiger partial charge in [0.25, 0.3) is 0 Å². The number of nitrogens with one attached hydrogen (secondary N) is 1. The van der Waals surface area contributed by atoms with Crippen molar-refractivity contribution >= 4 is 16.0 Å². The summed E-state index contributed by atoms with van der Waals surface area (Å²) >= 11 is 0. The number of rotatable bonds is 6. The normalized spacial score (nSPS) is 11.4. The number of carboxylic acids is 1. The van der Waals surface area contributed by atoms with E-state index in [-0.39, 0.29) is 6.54 Å². The van der Waals surface area contributed by atoms with Crippen molar-refractivity contribution in [1.29, 1.82) is 0 Å². The van der Waals surface area contributed by atoms with E-state index in [0.29, 0.717) is 6.42 Å². The molecule has 0 aliphatic heterocycles. The number of hydrogen-bond donors (Lipinski definition) is 1. The SMILES string of the molecule is Cc1ccc(CCNS(=O)(=O)c2cc(C(=O)[O-])ccc2F)cc1. The summed E-state index contributed by atoms with van der Waals surface area (Å²) < 4.78 is 40.2. The van der Waals surface area contributed by atoms with Gasteiger partial charge in [0.2, 0.25) is 10.0 Å². The van der Waals surface area contributed by atoms with Crippen LogP contribution in [0.2, 0.25) is 0 Å². The smallest absolute Gasteiger partial charge is 0.243 e. The average molecular weight is 336 g/mol. The molecule has 0 unspecified atom stereocenters. The molecule has 7 heteroatoms. The highest BCUT2D eigenvalue weighted by atomic mass is 32.2. The minimum Gasteiger partial charge on any atom is -0.545 e. The van der Waals surface area contributed by atoms with E-state index in [4.69, 9.17) is 0 Å². The van der Waals surface area contributed by atoms with Crippen molar-refractivity contribution in [2.24, 2.45) is 0 Å². The lowest BCUT2D eigenvalue weighted by Gasteiger charge is -2.10. The fourth-order valence-corrected chi connectivity index (χ4v) is 3.13. The number of aromatic carboxylic acids is 1. The fraction of sp³-hybridized carbons (Fsp3) is 0.188. The molecule has 0 amide bonds. The number of hydrogen-bond acceptors (Lipinski definition) is 4. The highest BCUT2D eigenvalue weighted by Gasteiger charge is 2.19. The summed E-state index contributed by atoms with van der Waals surface area (Å²) in [5.74, 6) is -2.58. The Labute approximate surface area is 133 Å². The zero-order valence-corrected chi connectivity index (χ0v) is 13.2. The van der Waals surface area contributed by atoms with Gasteiger partial charge in [0, 0.05) is 6.54 Å². The summed E-state index contributed by atoms with van der Waals surface area (Å²) in [6.45, 7) is 2.01. The maximum absolute atomic E-state index is 13.7. The van der Waals surface area contributed by atoms with Gasteiger partial charge in [0.1, 0.15) is 10.7 Å². The van der Waals surface area contributed by atoms with Crippen LogP contribution in [-0.4, -0.2) is 20.9 Å². The Balaban J connectivity index is 2.11. The summed E-state index contributed by atoms with van der Waals surface area (Å²) in [4.78, 5) is 10.1. The number of carboxylic acid groups (broad SMARTS) is 1. The summed E-state index contributed by atoms with van der Waals surface area (Å²) in [6.07, 6.45) is 0.432. The molecule has 2 aromatic carbocycles. The molecular weight excluding hydrogens is 321 g/mol. The molecule has 0 saturated carbocycles. The summed E-state index contributed by atoms with van der Waals surface area (Å²) in [6, 6.07) is 10.1. The second-order valence-electron chi connectivity index (χ2n) is 5.07. The third-order valence-corrected chi connectivity index (χ3v) is 4.76. The lowest BCUT2D eigenvalue weighted by Crippen LogP contribution is -2.28. The number of carbonyl (C=O) groups is 1. The van der Waals surface area contributed by atoms with E-state index >= 15 is 0 Å². The molecule has 0 heterocycles. The van der Waals surface area contributed by atoms with Gasteiger partial charge in [-0.15, -0.1) is 0 Å². The topological polar surface area (TPSA) is 86.3 Å². The van der Waals surface area contributed by atoms with E-state index in [1.54, 1.807) is 0 Å². The van der Waals surface area contributed by atoms with E-state index in [1.807, 2.05) is 31.2 Å². The molecule has 0 radical (unpaired) electrons. The molecular formula is C16H15FNO4S-. The van der Waals surface area contributed by atoms with Gasteiger partial charge in [-0.2, -0.15) is 0 Å². The van der Waals surface area contributed by atoms with Crippen molar-refractivity contribution in [2.45, 2.75) is 18.2 Å². The quantitative estimate of drug-likeness (QED) is 0.853. The van der Waals surface area contributed by atoms with Gasteiger partial charge in [-0.25, -0.2) is 17.5 Å². The van der Waals surface area contributed by atoms with Gasteiger partial charge in [-0.3, -0.25) is 0 Å². The molecule has 0 saturated heterocycles. The van der Waals surface area contributed by atoms with Crippen LogP contribution in [0.25, 0.3) is 0 Å². The largest absolute Gasteiger partial charge is 0.545 e. The number of halogens is 1. The van der Waals surface area contributed by atoms with Crippen LogP contribution >= 0.6 is 0 Å². The maximum atomic E-state index is 13.7. The van der Waals surface area contributed by atoms with E-state index in [2.05, 4.69) is 4.72 Å². The minimum atomic E-state index is -4.14.